The van der Waals surface area contributed by atoms with Gasteiger partial charge in [-0.05, 0) is 6.92 Å². The largest absolute Gasteiger partial charge is 0.462 e. The van der Waals surface area contributed by atoms with Gasteiger partial charge in [-0.25, -0.2) is 19.7 Å². The van der Waals surface area contributed by atoms with Gasteiger partial charge in [-0.15, -0.1) is 0 Å². The molecule has 0 saturated heterocycles. The number of hydrogen-bond donors (Lipinski definition) is 1. The predicted octanol–water partition coefficient (Wildman–Crippen LogP) is 1.54. The minimum Gasteiger partial charge on any atom is -0.462 e. The molecule has 0 atom stereocenters. The fourth-order valence-electron chi connectivity index (χ4n) is 1.27. The van der Waals surface area contributed by atoms with Crippen LogP contribution in [-0.4, -0.2) is 27.5 Å². The van der Waals surface area contributed by atoms with Crippen molar-refractivity contribution in [3.63, 3.8) is 0 Å². The van der Waals surface area contributed by atoms with Crippen molar-refractivity contribution in [2.24, 2.45) is 0 Å². The zero-order chi connectivity index (χ0) is 13.1. The van der Waals surface area contributed by atoms with Crippen molar-refractivity contribution in [3.05, 3.63) is 23.2 Å². The summed E-state index contributed by atoms with van der Waals surface area (Å²) in [5.41, 5.74) is 5.59. The number of carbonyl (C=O) groups excluding carboxylic acids is 1. The number of rotatable bonds is 3. The number of halogens is 1. The molecule has 0 radical (unpaired) electrons. The number of esters is 1. The normalized spacial score (nSPS) is 10.3. The quantitative estimate of drug-likeness (QED) is 0.665. The number of nitrogens with zero attached hydrogens (tertiary/aromatic N) is 3. The van der Waals surface area contributed by atoms with Crippen molar-refractivity contribution >= 4 is 23.4 Å². The second-order valence-electron chi connectivity index (χ2n) is 3.16. The van der Waals surface area contributed by atoms with Gasteiger partial charge >= 0.3 is 5.97 Å². The van der Waals surface area contributed by atoms with Crippen molar-refractivity contribution in [1.82, 2.24) is 15.0 Å². The summed E-state index contributed by atoms with van der Waals surface area (Å²) in [6.07, 6.45) is 2.80. The minimum atomic E-state index is -0.668. The van der Waals surface area contributed by atoms with Crippen molar-refractivity contribution in [3.8, 4) is 11.7 Å². The molecule has 2 aromatic heterocycles. The highest BCUT2D eigenvalue weighted by molar-refractivity contribution is 6.33. The average Bonchev–Trinajstić information content (AvgIpc) is 2.81. The van der Waals surface area contributed by atoms with Crippen molar-refractivity contribution < 1.29 is 13.9 Å². The van der Waals surface area contributed by atoms with Gasteiger partial charge in [-0.3, -0.25) is 0 Å². The molecule has 0 aliphatic carbocycles. The fraction of sp³-hybridized carbons (Fsp3) is 0.200. The van der Waals surface area contributed by atoms with Gasteiger partial charge in [0.25, 0.3) is 5.89 Å². The number of ether oxygens (including phenoxy) is 1. The highest BCUT2D eigenvalue weighted by atomic mass is 35.5. The molecule has 2 N–H and O–H groups in total. The second-order valence-corrected chi connectivity index (χ2v) is 3.51. The first-order valence-corrected chi connectivity index (χ1v) is 5.41. The highest BCUT2D eigenvalue weighted by Crippen LogP contribution is 2.23. The monoisotopic (exact) mass is 268 g/mol. The van der Waals surface area contributed by atoms with E-state index in [-0.39, 0.29) is 34.9 Å². The summed E-state index contributed by atoms with van der Waals surface area (Å²) in [5, 5.41) is -0.103. The number of oxazole rings is 1. The van der Waals surface area contributed by atoms with E-state index < -0.39 is 5.97 Å². The van der Waals surface area contributed by atoms with Gasteiger partial charge in [-0.2, -0.15) is 0 Å². The maximum atomic E-state index is 11.6. The molecule has 0 spiro atoms. The molecular weight excluding hydrogens is 260 g/mol. The SMILES string of the molecule is CCOC(=O)c1c(N)nc(-c2ncco2)nc1Cl. The van der Waals surface area contributed by atoms with Gasteiger partial charge in [0, 0.05) is 0 Å². The fourth-order valence-corrected chi connectivity index (χ4v) is 1.53. The zero-order valence-corrected chi connectivity index (χ0v) is 10.1. The molecule has 0 unspecified atom stereocenters. The van der Waals surface area contributed by atoms with Crippen LogP contribution in [0.1, 0.15) is 17.3 Å². The second kappa shape index (κ2) is 5.01. The molecule has 8 heteroatoms. The van der Waals surface area contributed by atoms with Crippen molar-refractivity contribution in [2.75, 3.05) is 12.3 Å². The molecule has 0 amide bonds. The zero-order valence-electron chi connectivity index (χ0n) is 9.38. The highest BCUT2D eigenvalue weighted by Gasteiger charge is 2.21. The molecule has 7 nitrogen and oxygen atoms in total. The van der Waals surface area contributed by atoms with Gasteiger partial charge in [0.05, 0.1) is 12.8 Å². The van der Waals surface area contributed by atoms with Crippen LogP contribution in [0.3, 0.4) is 0 Å². The van der Waals surface area contributed by atoms with Crippen LogP contribution in [0.4, 0.5) is 5.82 Å². The van der Waals surface area contributed by atoms with E-state index in [2.05, 4.69) is 15.0 Å². The van der Waals surface area contributed by atoms with E-state index in [4.69, 9.17) is 26.5 Å². The van der Waals surface area contributed by atoms with Crippen LogP contribution in [0.25, 0.3) is 11.7 Å². The van der Waals surface area contributed by atoms with Gasteiger partial charge < -0.3 is 14.9 Å². The van der Waals surface area contributed by atoms with E-state index in [1.807, 2.05) is 0 Å². The Labute approximate surface area is 107 Å². The van der Waals surface area contributed by atoms with E-state index in [1.54, 1.807) is 6.92 Å². The number of hydrogen-bond acceptors (Lipinski definition) is 7. The maximum absolute atomic E-state index is 11.6. The van der Waals surface area contributed by atoms with Crippen LogP contribution in [0, 0.1) is 0 Å². The molecule has 18 heavy (non-hydrogen) atoms. The Balaban J connectivity index is 2.44. The molecule has 94 valence electrons. The number of nitrogens with two attached hydrogens (primary N) is 1. The third-order valence-electron chi connectivity index (χ3n) is 2.00. The Morgan fingerprint density at radius 3 is 2.89 bits per heavy atom. The predicted molar refractivity (Wildman–Crippen MR) is 62.9 cm³/mol. The van der Waals surface area contributed by atoms with Gasteiger partial charge in [-0.1, -0.05) is 11.6 Å². The van der Waals surface area contributed by atoms with Crippen LogP contribution < -0.4 is 5.73 Å². The Morgan fingerprint density at radius 1 is 1.56 bits per heavy atom. The molecule has 0 saturated carbocycles. The van der Waals surface area contributed by atoms with Crippen LogP contribution >= 0.6 is 11.6 Å². The summed E-state index contributed by atoms with van der Waals surface area (Å²) >= 11 is 5.88. The summed E-state index contributed by atoms with van der Waals surface area (Å²) in [6, 6.07) is 0. The number of carbonyl (C=O) groups is 1. The molecule has 2 aromatic rings. The molecule has 2 heterocycles. The van der Waals surface area contributed by atoms with Gasteiger partial charge in [0.15, 0.2) is 0 Å². The smallest absolute Gasteiger partial charge is 0.345 e. The van der Waals surface area contributed by atoms with Crippen LogP contribution in [-0.2, 0) is 4.74 Å². The lowest BCUT2D eigenvalue weighted by atomic mass is 10.3. The maximum Gasteiger partial charge on any atom is 0.345 e. The molecule has 2 rings (SSSR count). The lowest BCUT2D eigenvalue weighted by molar-refractivity contribution is 0.0527. The average molecular weight is 269 g/mol. The Morgan fingerprint density at radius 2 is 2.33 bits per heavy atom. The molecular formula is C10H9ClN4O3. The van der Waals surface area contributed by atoms with Crippen molar-refractivity contribution in [1.29, 1.82) is 0 Å². The third kappa shape index (κ3) is 2.25. The molecule has 0 aliphatic heterocycles. The minimum absolute atomic E-state index is 0.0613. The molecule has 0 aliphatic rings. The van der Waals surface area contributed by atoms with Crippen molar-refractivity contribution in [2.45, 2.75) is 6.92 Å². The van der Waals surface area contributed by atoms with Gasteiger partial charge in [0.2, 0.25) is 5.82 Å². The lowest BCUT2D eigenvalue weighted by Gasteiger charge is -2.06. The Hall–Kier alpha value is -2.15. The first-order chi connectivity index (χ1) is 8.63. The Bertz CT molecular complexity index is 548. The van der Waals surface area contributed by atoms with Gasteiger partial charge in [0.1, 0.15) is 22.8 Å². The molecule has 0 bridgehead atoms. The first-order valence-electron chi connectivity index (χ1n) is 5.03. The Kier molecular flexibility index (Phi) is 3.42. The van der Waals surface area contributed by atoms with Crippen LogP contribution in [0.5, 0.6) is 0 Å². The van der Waals surface area contributed by atoms with E-state index in [0.29, 0.717) is 0 Å². The van der Waals surface area contributed by atoms with E-state index in [1.165, 1.54) is 12.5 Å². The summed E-state index contributed by atoms with van der Waals surface area (Å²) < 4.78 is 9.81. The number of nitrogen functional groups attached to an aromatic ring is 1. The van der Waals surface area contributed by atoms with E-state index in [9.17, 15) is 4.79 Å². The number of aromatic nitrogens is 3. The summed E-state index contributed by atoms with van der Waals surface area (Å²) in [5.74, 6) is -0.477. The molecule has 0 fully saturated rings. The van der Waals surface area contributed by atoms with E-state index in [0.717, 1.165) is 0 Å². The topological polar surface area (TPSA) is 104 Å². The number of anilines is 1. The van der Waals surface area contributed by atoms with E-state index >= 15 is 0 Å². The standard InChI is InChI=1S/C10H9ClN4O3/c1-2-17-10(16)5-6(11)14-8(15-7(5)12)9-13-3-4-18-9/h3-4H,2H2,1H3,(H2,12,14,15). The summed E-state index contributed by atoms with van der Waals surface area (Å²) in [7, 11) is 0. The van der Waals surface area contributed by atoms with Crippen LogP contribution in [0.15, 0.2) is 16.9 Å². The lowest BCUT2D eigenvalue weighted by Crippen LogP contribution is -2.12. The van der Waals surface area contributed by atoms with Crippen LogP contribution in [0.2, 0.25) is 5.15 Å². The summed E-state index contributed by atoms with van der Waals surface area (Å²) in [4.78, 5) is 23.2. The first kappa shape index (κ1) is 12.3. The molecule has 0 aromatic carbocycles. The summed E-state index contributed by atoms with van der Waals surface area (Å²) in [6.45, 7) is 1.88. The third-order valence-corrected chi connectivity index (χ3v) is 2.27.